The lowest BCUT2D eigenvalue weighted by Gasteiger charge is -2.12. The molecular formula is C10H4Al2N4O2. The van der Waals surface area contributed by atoms with Crippen molar-refractivity contribution in [2.24, 2.45) is 0 Å². The second kappa shape index (κ2) is 4.05. The highest BCUT2D eigenvalue weighted by Gasteiger charge is 2.10. The van der Waals surface area contributed by atoms with Crippen molar-refractivity contribution in [1.82, 2.24) is 17.1 Å². The Hall–Kier alpha value is -1.44. The van der Waals surface area contributed by atoms with Crippen LogP contribution in [0.4, 0.5) is 0 Å². The van der Waals surface area contributed by atoms with Gasteiger partial charge in [0.05, 0.1) is 11.0 Å². The zero-order valence-corrected chi connectivity index (χ0v) is 11.4. The van der Waals surface area contributed by atoms with E-state index >= 15 is 0 Å². The molecule has 8 heteroatoms. The van der Waals surface area contributed by atoms with Gasteiger partial charge in [-0.05, 0) is 12.1 Å². The molecule has 0 fully saturated rings. The minimum absolute atomic E-state index is 0.560. The Morgan fingerprint density at radius 2 is 1.61 bits per heavy atom. The van der Waals surface area contributed by atoms with Crippen molar-refractivity contribution in [2.45, 2.75) is 0 Å². The largest absolute Gasteiger partial charge is 0.415 e. The number of hydrogen-bond donors (Lipinski definition) is 0. The second-order valence-corrected chi connectivity index (χ2v) is 4.74. The Morgan fingerprint density at radius 1 is 0.944 bits per heavy atom. The molecule has 0 saturated heterocycles. The molecule has 0 aliphatic rings. The van der Waals surface area contributed by atoms with E-state index in [4.69, 9.17) is 0 Å². The Labute approximate surface area is 117 Å². The van der Waals surface area contributed by atoms with Crippen molar-refractivity contribution in [3.8, 4) is 0 Å². The smallest absolute Gasteiger partial charge is 0.323 e. The summed E-state index contributed by atoms with van der Waals surface area (Å²) in [5.74, 6) is 0. The number of fused-ring (bicyclic) bond motifs is 3. The molecule has 1 aromatic carbocycles. The van der Waals surface area contributed by atoms with Crippen molar-refractivity contribution in [3.05, 3.63) is 45.2 Å². The van der Waals surface area contributed by atoms with Gasteiger partial charge in [0.1, 0.15) is 5.52 Å². The van der Waals surface area contributed by atoms with Gasteiger partial charge in [-0.25, -0.2) is 0 Å². The van der Waals surface area contributed by atoms with E-state index in [0.717, 1.165) is 0 Å². The van der Waals surface area contributed by atoms with Crippen LogP contribution < -0.4 is 11.1 Å². The van der Waals surface area contributed by atoms with E-state index in [2.05, 4.69) is 43.0 Å². The third-order valence-corrected chi connectivity index (χ3v) is 3.72. The van der Waals surface area contributed by atoms with Gasteiger partial charge in [0.2, 0.25) is 0 Å². The molecule has 82 valence electrons. The molecule has 0 atom stereocenters. The first-order chi connectivity index (χ1) is 8.61. The molecule has 0 unspecified atom stereocenters. The zero-order chi connectivity index (χ0) is 12.9. The van der Waals surface area contributed by atoms with Crippen molar-refractivity contribution >= 4 is 55.1 Å². The Morgan fingerprint density at radius 3 is 2.39 bits per heavy atom. The van der Waals surface area contributed by atoms with Crippen LogP contribution in [0.15, 0.2) is 34.1 Å². The molecular weight excluding hydrogens is 262 g/mol. The molecule has 0 bridgehead atoms. The van der Waals surface area contributed by atoms with E-state index in [1.807, 2.05) is 0 Å². The standard InChI is InChI=1S/C10H6N4O2.2Al/c15-9-10(16)14-8-6(13-9)2-1-5-7(8)12-4-3-11-5;;/h1-4H,(H2,11,12,13,14,15,16);;/q;2*+1/p-2. The molecule has 4 radical (unpaired) electrons. The van der Waals surface area contributed by atoms with Gasteiger partial charge in [-0.15, -0.1) is 0 Å². The third kappa shape index (κ3) is 1.48. The Kier molecular flexibility index (Phi) is 2.62. The van der Waals surface area contributed by atoms with E-state index in [1.54, 1.807) is 24.5 Å². The summed E-state index contributed by atoms with van der Waals surface area (Å²) in [5, 5.41) is 0. The number of rotatable bonds is 0. The fourth-order valence-electron chi connectivity index (χ4n) is 1.86. The quantitative estimate of drug-likeness (QED) is 0.296. The summed E-state index contributed by atoms with van der Waals surface area (Å²) in [7, 11) is 0. The van der Waals surface area contributed by atoms with E-state index < -0.39 is 11.1 Å². The highest BCUT2D eigenvalue weighted by Crippen LogP contribution is 2.18. The van der Waals surface area contributed by atoms with Gasteiger partial charge in [-0.1, -0.05) is 0 Å². The van der Waals surface area contributed by atoms with Crippen LogP contribution >= 0.6 is 0 Å². The Balaban J connectivity index is 2.76. The van der Waals surface area contributed by atoms with Crippen LogP contribution in [-0.4, -0.2) is 50.1 Å². The summed E-state index contributed by atoms with van der Waals surface area (Å²) in [5.41, 5.74) is 1.19. The van der Waals surface area contributed by atoms with Crippen LogP contribution in [0.2, 0.25) is 0 Å². The summed E-state index contributed by atoms with van der Waals surface area (Å²) in [6.45, 7) is 0. The van der Waals surface area contributed by atoms with Gasteiger partial charge >= 0.3 is 33.0 Å². The first-order valence-electron chi connectivity index (χ1n) is 5.03. The molecule has 0 amide bonds. The van der Waals surface area contributed by atoms with E-state index in [0.29, 0.717) is 22.1 Å². The summed E-state index contributed by atoms with van der Waals surface area (Å²) < 4.78 is 2.47. The number of aromatic nitrogens is 4. The number of benzene rings is 1. The van der Waals surface area contributed by atoms with Crippen LogP contribution in [0, 0.1) is 0 Å². The van der Waals surface area contributed by atoms with Gasteiger partial charge in [-0.2, -0.15) is 0 Å². The average molecular weight is 266 g/mol. The topological polar surface area (TPSA) is 69.8 Å². The van der Waals surface area contributed by atoms with Gasteiger partial charge < -0.3 is 7.10 Å². The van der Waals surface area contributed by atoms with Crippen LogP contribution in [0.25, 0.3) is 22.1 Å². The molecule has 3 rings (SSSR count). The highest BCUT2D eigenvalue weighted by atomic mass is 27.1. The van der Waals surface area contributed by atoms with Crippen molar-refractivity contribution < 1.29 is 0 Å². The Bertz CT molecular complexity index is 900. The molecule has 0 saturated carbocycles. The lowest BCUT2D eigenvalue weighted by atomic mass is 10.2. The van der Waals surface area contributed by atoms with E-state index in [-0.39, 0.29) is 0 Å². The van der Waals surface area contributed by atoms with Gasteiger partial charge in [0.15, 0.2) is 0 Å². The first kappa shape index (κ1) is 11.6. The molecule has 2 aromatic heterocycles. The monoisotopic (exact) mass is 266 g/mol. The van der Waals surface area contributed by atoms with Crippen molar-refractivity contribution in [2.75, 3.05) is 0 Å². The molecule has 3 aromatic rings. The molecule has 0 aliphatic heterocycles. The van der Waals surface area contributed by atoms with Crippen molar-refractivity contribution in [1.29, 1.82) is 0 Å². The predicted molar refractivity (Wildman–Crippen MR) is 67.9 cm³/mol. The molecule has 18 heavy (non-hydrogen) atoms. The fraction of sp³-hybridized carbons (Fsp3) is 0. The van der Waals surface area contributed by atoms with E-state index in [1.165, 1.54) is 7.10 Å². The molecule has 0 spiro atoms. The maximum Gasteiger partial charge on any atom is 0.323 e. The SMILES string of the molecule is O=c1c(=O)[n]([Al])c2c3nccnc3ccc2[n]1[Al]. The highest BCUT2D eigenvalue weighted by molar-refractivity contribution is 6.18. The molecule has 0 N–H and O–H groups in total. The predicted octanol–water partition coefficient (Wildman–Crippen LogP) is -1.03. The number of hydrogen-bond acceptors (Lipinski definition) is 4. The van der Waals surface area contributed by atoms with Gasteiger partial charge in [0, 0.05) is 17.9 Å². The maximum absolute atomic E-state index is 11.8. The summed E-state index contributed by atoms with van der Waals surface area (Å²) in [6.07, 6.45) is 3.13. The average Bonchev–Trinajstić information content (AvgIpc) is 2.41. The summed E-state index contributed by atoms with van der Waals surface area (Å²) in [4.78, 5) is 31.9. The first-order valence-corrected chi connectivity index (χ1v) is 6.06. The van der Waals surface area contributed by atoms with E-state index in [9.17, 15) is 9.59 Å². The lowest BCUT2D eigenvalue weighted by Crippen LogP contribution is -2.40. The zero-order valence-electron chi connectivity index (χ0n) is 9.07. The van der Waals surface area contributed by atoms with Gasteiger partial charge in [-0.3, -0.25) is 19.6 Å². The minimum Gasteiger partial charge on any atom is -0.415 e. The van der Waals surface area contributed by atoms with Crippen LogP contribution in [-0.2, 0) is 0 Å². The van der Waals surface area contributed by atoms with Crippen molar-refractivity contribution in [3.63, 3.8) is 0 Å². The number of nitrogens with zero attached hydrogens (tertiary/aromatic N) is 4. The molecule has 2 heterocycles. The van der Waals surface area contributed by atoms with Crippen LogP contribution in [0.5, 0.6) is 0 Å². The third-order valence-electron chi connectivity index (χ3n) is 2.71. The summed E-state index contributed by atoms with van der Waals surface area (Å²) in [6, 6.07) is 3.50. The van der Waals surface area contributed by atoms with Gasteiger partial charge in [0.25, 0.3) is 11.1 Å². The minimum atomic E-state index is -0.624. The van der Waals surface area contributed by atoms with Crippen LogP contribution in [0.3, 0.4) is 0 Å². The second-order valence-electron chi connectivity index (χ2n) is 3.71. The molecule has 6 nitrogen and oxygen atoms in total. The lowest BCUT2D eigenvalue weighted by molar-refractivity contribution is 1.04. The fourth-order valence-corrected chi connectivity index (χ4v) is 2.54. The molecule has 0 aliphatic carbocycles. The summed E-state index contributed by atoms with van der Waals surface area (Å²) >= 11 is 4.49. The van der Waals surface area contributed by atoms with Crippen LogP contribution in [0.1, 0.15) is 0 Å². The maximum atomic E-state index is 11.8. The normalized spacial score (nSPS) is 11.1.